The Morgan fingerprint density at radius 1 is 1.31 bits per heavy atom. The van der Waals surface area contributed by atoms with Gasteiger partial charge in [0, 0.05) is 0 Å². The quantitative estimate of drug-likeness (QED) is 0.590. The first-order valence-corrected chi connectivity index (χ1v) is 7.70. The molecular formula is C12H14Te. The van der Waals surface area contributed by atoms with Crippen LogP contribution in [0.3, 0.4) is 0 Å². The molecule has 13 heavy (non-hydrogen) atoms. The van der Waals surface area contributed by atoms with Crippen LogP contribution in [0.5, 0.6) is 0 Å². The average Bonchev–Trinajstić information content (AvgIpc) is 2.15. The first kappa shape index (κ1) is 10.6. The molecule has 0 unspecified atom stereocenters. The zero-order valence-electron chi connectivity index (χ0n) is 8.08. The molecule has 1 aromatic rings. The summed E-state index contributed by atoms with van der Waals surface area (Å²) in [7, 11) is 0. The van der Waals surface area contributed by atoms with E-state index in [1.54, 1.807) is 0 Å². The molecule has 68 valence electrons. The first-order chi connectivity index (χ1) is 6.24. The van der Waals surface area contributed by atoms with Crippen molar-refractivity contribution in [1.29, 1.82) is 0 Å². The van der Waals surface area contributed by atoms with Crippen molar-refractivity contribution in [1.82, 2.24) is 0 Å². The maximum absolute atomic E-state index is 3.91. The van der Waals surface area contributed by atoms with Crippen LogP contribution in [0.2, 0.25) is 4.97 Å². The number of allylic oxidation sites excluding steroid dienone is 2. The third-order valence-corrected chi connectivity index (χ3v) is 3.92. The molecule has 0 amide bonds. The Morgan fingerprint density at radius 2 is 1.92 bits per heavy atom. The van der Waals surface area contributed by atoms with Crippen molar-refractivity contribution in [3.05, 3.63) is 54.1 Å². The summed E-state index contributed by atoms with van der Waals surface area (Å²) in [6.07, 6.45) is 2.21. The van der Waals surface area contributed by atoms with E-state index in [2.05, 4.69) is 48.0 Å². The molecule has 0 radical (unpaired) electrons. The summed E-state index contributed by atoms with van der Waals surface area (Å²) in [6, 6.07) is 10.6. The van der Waals surface area contributed by atoms with Gasteiger partial charge in [0.05, 0.1) is 0 Å². The van der Waals surface area contributed by atoms with Crippen molar-refractivity contribution in [3.8, 4) is 0 Å². The second-order valence-corrected chi connectivity index (χ2v) is 5.35. The van der Waals surface area contributed by atoms with E-state index in [9.17, 15) is 0 Å². The normalized spacial score (nSPS) is 11.4. The minimum absolute atomic E-state index is 0.0382. The molecule has 1 heteroatoms. The molecule has 0 bridgehead atoms. The molecule has 0 saturated heterocycles. The van der Waals surface area contributed by atoms with Crippen molar-refractivity contribution in [2.24, 2.45) is 0 Å². The maximum atomic E-state index is 3.91. The van der Waals surface area contributed by atoms with E-state index >= 15 is 0 Å². The molecule has 0 saturated carbocycles. The summed E-state index contributed by atoms with van der Waals surface area (Å²) in [6.45, 7) is 5.96. The van der Waals surface area contributed by atoms with Gasteiger partial charge in [0.2, 0.25) is 0 Å². The second-order valence-electron chi connectivity index (χ2n) is 2.93. The molecule has 1 aromatic carbocycles. The molecule has 0 atom stereocenters. The Labute approximate surface area is 90.4 Å². The molecule has 0 fully saturated rings. The van der Waals surface area contributed by atoms with Crippen molar-refractivity contribution in [2.75, 3.05) is 0 Å². The van der Waals surface area contributed by atoms with Gasteiger partial charge in [-0.15, -0.1) is 0 Å². The van der Waals surface area contributed by atoms with Crippen LogP contribution in [0.1, 0.15) is 12.5 Å². The van der Waals surface area contributed by atoms with Gasteiger partial charge < -0.3 is 0 Å². The SMILES string of the molecule is C=C(C)C=C([Te]C)c1ccccc1. The summed E-state index contributed by atoms with van der Waals surface area (Å²) in [5, 5.41) is 0. The van der Waals surface area contributed by atoms with E-state index in [4.69, 9.17) is 0 Å². The van der Waals surface area contributed by atoms with Crippen LogP contribution in [0.4, 0.5) is 0 Å². The standard InChI is InChI=1S/C12H14Te/c1-10(2)9-12(13-3)11-7-5-4-6-8-11/h4-9H,1H2,2-3H3. The fraction of sp³-hybridized carbons (Fsp3) is 0.167. The van der Waals surface area contributed by atoms with Gasteiger partial charge >= 0.3 is 90.6 Å². The second kappa shape index (κ2) is 5.27. The molecule has 0 aliphatic carbocycles. The van der Waals surface area contributed by atoms with Crippen molar-refractivity contribution < 1.29 is 0 Å². The summed E-state index contributed by atoms with van der Waals surface area (Å²) in [5.41, 5.74) is 2.50. The Kier molecular flexibility index (Phi) is 4.28. The number of benzene rings is 1. The molecule has 0 aliphatic rings. The fourth-order valence-electron chi connectivity index (χ4n) is 1.09. The van der Waals surface area contributed by atoms with Gasteiger partial charge in [0.25, 0.3) is 0 Å². The van der Waals surface area contributed by atoms with Gasteiger partial charge in [-0.3, -0.25) is 0 Å². The molecule has 0 spiro atoms. The molecule has 1 rings (SSSR count). The number of rotatable bonds is 3. The van der Waals surface area contributed by atoms with Crippen LogP contribution in [0.15, 0.2) is 48.6 Å². The van der Waals surface area contributed by atoms with Crippen molar-refractivity contribution >= 4 is 24.5 Å². The van der Waals surface area contributed by atoms with E-state index in [0.29, 0.717) is 0 Å². The molecule has 0 aromatic heterocycles. The van der Waals surface area contributed by atoms with Crippen molar-refractivity contribution in [2.45, 2.75) is 11.9 Å². The Bertz CT molecular complexity index is 309. The Balaban J connectivity index is 2.98. The third kappa shape index (κ3) is 3.38. The van der Waals surface area contributed by atoms with Crippen LogP contribution in [-0.2, 0) is 0 Å². The summed E-state index contributed by atoms with van der Waals surface area (Å²) in [4.78, 5) is 2.30. The van der Waals surface area contributed by atoms with Gasteiger partial charge in [-0.05, 0) is 0 Å². The molecular weight excluding hydrogens is 272 g/mol. The van der Waals surface area contributed by atoms with Gasteiger partial charge in [-0.25, -0.2) is 0 Å². The topological polar surface area (TPSA) is 0 Å². The van der Waals surface area contributed by atoms with Crippen LogP contribution in [0.25, 0.3) is 3.62 Å². The molecule has 0 N–H and O–H groups in total. The van der Waals surface area contributed by atoms with Crippen LogP contribution in [-0.4, -0.2) is 20.9 Å². The van der Waals surface area contributed by atoms with E-state index in [1.165, 1.54) is 9.18 Å². The van der Waals surface area contributed by atoms with Gasteiger partial charge in [-0.2, -0.15) is 0 Å². The Hall–Kier alpha value is -0.510. The van der Waals surface area contributed by atoms with Crippen LogP contribution in [0, 0.1) is 0 Å². The summed E-state index contributed by atoms with van der Waals surface area (Å²) < 4.78 is 1.48. The van der Waals surface area contributed by atoms with E-state index in [0.717, 1.165) is 5.57 Å². The van der Waals surface area contributed by atoms with E-state index in [-0.39, 0.29) is 20.9 Å². The zero-order valence-corrected chi connectivity index (χ0v) is 10.4. The summed E-state index contributed by atoms with van der Waals surface area (Å²) in [5.74, 6) is 0. The average molecular weight is 286 g/mol. The predicted molar refractivity (Wildman–Crippen MR) is 60.9 cm³/mol. The molecule has 0 nitrogen and oxygen atoms in total. The molecule has 0 heterocycles. The number of hydrogen-bond acceptors (Lipinski definition) is 0. The fourth-order valence-corrected chi connectivity index (χ4v) is 3.06. The van der Waals surface area contributed by atoms with Crippen LogP contribution >= 0.6 is 0 Å². The summed E-state index contributed by atoms with van der Waals surface area (Å²) >= 11 is -0.0382. The van der Waals surface area contributed by atoms with Gasteiger partial charge in [0.15, 0.2) is 0 Å². The zero-order chi connectivity index (χ0) is 9.68. The number of hydrogen-bond donors (Lipinski definition) is 0. The Morgan fingerprint density at radius 3 is 2.38 bits per heavy atom. The first-order valence-electron chi connectivity index (χ1n) is 4.20. The predicted octanol–water partition coefficient (Wildman–Crippen LogP) is 3.36. The monoisotopic (exact) mass is 288 g/mol. The minimum atomic E-state index is -0.0382. The van der Waals surface area contributed by atoms with E-state index < -0.39 is 0 Å². The van der Waals surface area contributed by atoms with Crippen LogP contribution < -0.4 is 0 Å². The van der Waals surface area contributed by atoms with Crippen molar-refractivity contribution in [3.63, 3.8) is 0 Å². The molecule has 0 aliphatic heterocycles. The van der Waals surface area contributed by atoms with Gasteiger partial charge in [-0.1, -0.05) is 0 Å². The van der Waals surface area contributed by atoms with E-state index in [1.807, 2.05) is 6.92 Å². The third-order valence-electron chi connectivity index (χ3n) is 1.66. The van der Waals surface area contributed by atoms with Gasteiger partial charge in [0.1, 0.15) is 0 Å².